The Kier molecular flexibility index (Phi) is 4.78. The summed E-state index contributed by atoms with van der Waals surface area (Å²) in [5.41, 5.74) is 0. The number of hydrogen-bond acceptors (Lipinski definition) is 3. The molecule has 1 heterocycles. The van der Waals surface area contributed by atoms with Crippen LogP contribution in [-0.4, -0.2) is 36.6 Å². The number of methoxy groups -OCH3 is 1. The smallest absolute Gasteiger partial charge is 0.309 e. The first kappa shape index (κ1) is 13.5. The van der Waals surface area contributed by atoms with Crippen LogP contribution in [0.15, 0.2) is 0 Å². The number of ether oxygens (including phenoxy) is 1. The molecule has 1 rings (SSSR count). The highest BCUT2D eigenvalue weighted by Crippen LogP contribution is 2.26. The molecular weight excluding hydrogens is 202 g/mol. The third-order valence-electron chi connectivity index (χ3n) is 4.01. The molecule has 0 N–H and O–H groups in total. The Bertz CT molecular complexity index is 242. The van der Waals surface area contributed by atoms with Crippen molar-refractivity contribution >= 4 is 5.97 Å². The highest BCUT2D eigenvalue weighted by Gasteiger charge is 2.32. The summed E-state index contributed by atoms with van der Waals surface area (Å²) in [4.78, 5) is 14.0. The molecule has 0 radical (unpaired) electrons. The first-order chi connectivity index (χ1) is 7.47. The van der Waals surface area contributed by atoms with Gasteiger partial charge in [0.1, 0.15) is 0 Å². The van der Waals surface area contributed by atoms with Crippen molar-refractivity contribution in [3.05, 3.63) is 0 Å². The number of rotatable bonds is 3. The molecule has 4 unspecified atom stereocenters. The highest BCUT2D eigenvalue weighted by atomic mass is 16.5. The minimum atomic E-state index is -0.0988. The Morgan fingerprint density at radius 2 is 2.00 bits per heavy atom. The van der Waals surface area contributed by atoms with E-state index in [4.69, 9.17) is 4.74 Å². The number of carbonyl (C=O) groups excluding carboxylic acids is 1. The fourth-order valence-electron chi connectivity index (χ4n) is 2.70. The van der Waals surface area contributed by atoms with Crippen LogP contribution in [0.5, 0.6) is 0 Å². The molecule has 1 aliphatic rings. The van der Waals surface area contributed by atoms with Gasteiger partial charge in [-0.05, 0) is 39.2 Å². The van der Waals surface area contributed by atoms with E-state index in [1.807, 2.05) is 6.92 Å². The van der Waals surface area contributed by atoms with E-state index in [2.05, 4.69) is 25.7 Å². The third kappa shape index (κ3) is 2.97. The average Bonchev–Trinajstić information content (AvgIpc) is 2.26. The molecule has 0 aliphatic carbocycles. The maximum Gasteiger partial charge on any atom is 0.309 e. The molecule has 0 saturated carbocycles. The van der Waals surface area contributed by atoms with Crippen molar-refractivity contribution < 1.29 is 9.53 Å². The zero-order valence-corrected chi connectivity index (χ0v) is 11.2. The zero-order valence-electron chi connectivity index (χ0n) is 11.2. The quantitative estimate of drug-likeness (QED) is 0.693. The van der Waals surface area contributed by atoms with Gasteiger partial charge in [-0.1, -0.05) is 13.8 Å². The summed E-state index contributed by atoms with van der Waals surface area (Å²) >= 11 is 0. The maximum atomic E-state index is 11.5. The summed E-state index contributed by atoms with van der Waals surface area (Å²) in [5, 5.41) is 0. The molecule has 1 fully saturated rings. The van der Waals surface area contributed by atoms with Gasteiger partial charge in [-0.15, -0.1) is 0 Å². The second kappa shape index (κ2) is 5.67. The average molecular weight is 227 g/mol. The van der Waals surface area contributed by atoms with Crippen molar-refractivity contribution in [2.75, 3.05) is 13.7 Å². The number of nitrogens with zero attached hydrogens (tertiary/aromatic N) is 1. The minimum absolute atomic E-state index is 0.0409. The summed E-state index contributed by atoms with van der Waals surface area (Å²) in [7, 11) is 1.47. The van der Waals surface area contributed by atoms with E-state index < -0.39 is 0 Å². The van der Waals surface area contributed by atoms with Gasteiger partial charge < -0.3 is 4.74 Å². The molecule has 16 heavy (non-hydrogen) atoms. The van der Waals surface area contributed by atoms with E-state index in [1.54, 1.807) is 0 Å². The van der Waals surface area contributed by atoms with E-state index in [0.29, 0.717) is 6.04 Å². The molecule has 4 atom stereocenters. The summed E-state index contributed by atoms with van der Waals surface area (Å²) in [5.74, 6) is 0.672. The van der Waals surface area contributed by atoms with Crippen LogP contribution < -0.4 is 0 Å². The second-order valence-corrected chi connectivity index (χ2v) is 5.27. The van der Waals surface area contributed by atoms with Crippen molar-refractivity contribution in [2.45, 2.75) is 52.6 Å². The van der Waals surface area contributed by atoms with Crippen molar-refractivity contribution in [2.24, 2.45) is 11.8 Å². The van der Waals surface area contributed by atoms with Gasteiger partial charge in [-0.25, -0.2) is 0 Å². The molecule has 1 saturated heterocycles. The Morgan fingerprint density at radius 1 is 1.38 bits per heavy atom. The largest absolute Gasteiger partial charge is 0.469 e. The van der Waals surface area contributed by atoms with Crippen molar-refractivity contribution in [3.8, 4) is 0 Å². The zero-order chi connectivity index (χ0) is 12.3. The SMILES string of the molecule is COC(=O)C(C)C(C)N1CCC(C)CC1C. The molecule has 3 nitrogen and oxygen atoms in total. The molecule has 0 spiro atoms. The van der Waals surface area contributed by atoms with Crippen molar-refractivity contribution in [3.63, 3.8) is 0 Å². The Balaban J connectivity index is 2.59. The molecule has 0 aromatic rings. The normalized spacial score (nSPS) is 30.8. The molecule has 94 valence electrons. The number of piperidine rings is 1. The topological polar surface area (TPSA) is 29.5 Å². The van der Waals surface area contributed by atoms with Gasteiger partial charge in [0.2, 0.25) is 0 Å². The molecule has 0 aromatic carbocycles. The summed E-state index contributed by atoms with van der Waals surface area (Å²) < 4.78 is 4.81. The fourth-order valence-corrected chi connectivity index (χ4v) is 2.70. The lowest BCUT2D eigenvalue weighted by Gasteiger charge is -2.42. The van der Waals surface area contributed by atoms with Gasteiger partial charge in [0.25, 0.3) is 0 Å². The third-order valence-corrected chi connectivity index (χ3v) is 4.01. The Labute approximate surface area is 99.1 Å². The van der Waals surface area contributed by atoms with E-state index >= 15 is 0 Å². The summed E-state index contributed by atoms with van der Waals surface area (Å²) in [6.07, 6.45) is 2.47. The van der Waals surface area contributed by atoms with E-state index in [9.17, 15) is 4.79 Å². The maximum absolute atomic E-state index is 11.5. The molecular formula is C13H25NO2. The Hall–Kier alpha value is -0.570. The lowest BCUT2D eigenvalue weighted by Crippen LogP contribution is -2.49. The van der Waals surface area contributed by atoms with Crippen LogP contribution in [0.25, 0.3) is 0 Å². The van der Waals surface area contributed by atoms with Gasteiger partial charge in [0.15, 0.2) is 0 Å². The molecule has 3 heteroatoms. The predicted molar refractivity (Wildman–Crippen MR) is 65.2 cm³/mol. The van der Waals surface area contributed by atoms with Crippen LogP contribution in [0.2, 0.25) is 0 Å². The highest BCUT2D eigenvalue weighted by molar-refractivity contribution is 5.72. The lowest BCUT2D eigenvalue weighted by atomic mass is 9.90. The lowest BCUT2D eigenvalue weighted by molar-refractivity contribution is -0.147. The predicted octanol–water partition coefficient (Wildman–Crippen LogP) is 2.30. The van der Waals surface area contributed by atoms with E-state index in [1.165, 1.54) is 20.0 Å². The number of likely N-dealkylation sites (tertiary alicyclic amines) is 1. The first-order valence-corrected chi connectivity index (χ1v) is 6.31. The molecule has 1 aliphatic heterocycles. The van der Waals surface area contributed by atoms with Gasteiger partial charge >= 0.3 is 5.97 Å². The van der Waals surface area contributed by atoms with Gasteiger partial charge in [0.05, 0.1) is 13.0 Å². The van der Waals surface area contributed by atoms with Crippen LogP contribution in [0, 0.1) is 11.8 Å². The minimum Gasteiger partial charge on any atom is -0.469 e. The fraction of sp³-hybridized carbons (Fsp3) is 0.923. The van der Waals surface area contributed by atoms with Gasteiger partial charge in [-0.2, -0.15) is 0 Å². The van der Waals surface area contributed by atoms with Crippen LogP contribution in [-0.2, 0) is 9.53 Å². The molecule has 0 amide bonds. The van der Waals surface area contributed by atoms with E-state index in [-0.39, 0.29) is 17.9 Å². The number of hydrogen-bond donors (Lipinski definition) is 0. The van der Waals surface area contributed by atoms with Gasteiger partial charge in [-0.3, -0.25) is 9.69 Å². The van der Waals surface area contributed by atoms with Gasteiger partial charge in [0, 0.05) is 12.1 Å². The van der Waals surface area contributed by atoms with Crippen molar-refractivity contribution in [1.82, 2.24) is 4.90 Å². The van der Waals surface area contributed by atoms with Crippen LogP contribution in [0.4, 0.5) is 0 Å². The molecule has 0 aromatic heterocycles. The monoisotopic (exact) mass is 227 g/mol. The van der Waals surface area contributed by atoms with E-state index in [0.717, 1.165) is 12.5 Å². The second-order valence-electron chi connectivity index (χ2n) is 5.27. The summed E-state index contributed by atoms with van der Waals surface area (Å²) in [6.45, 7) is 9.76. The van der Waals surface area contributed by atoms with Crippen LogP contribution >= 0.6 is 0 Å². The standard InChI is InChI=1S/C13H25NO2/c1-9-6-7-14(10(2)8-9)12(4)11(3)13(15)16-5/h9-12H,6-8H2,1-5H3. The van der Waals surface area contributed by atoms with Crippen molar-refractivity contribution in [1.29, 1.82) is 0 Å². The number of carbonyl (C=O) groups is 1. The Morgan fingerprint density at radius 3 is 2.50 bits per heavy atom. The van der Waals surface area contributed by atoms with Crippen LogP contribution in [0.1, 0.15) is 40.5 Å². The molecule has 0 bridgehead atoms. The number of esters is 1. The summed E-state index contributed by atoms with van der Waals surface area (Å²) in [6, 6.07) is 0.848. The van der Waals surface area contributed by atoms with Crippen LogP contribution in [0.3, 0.4) is 0 Å². The first-order valence-electron chi connectivity index (χ1n) is 6.31.